The van der Waals surface area contributed by atoms with Crippen LogP contribution in [-0.4, -0.2) is 11.7 Å². The van der Waals surface area contributed by atoms with Crippen molar-refractivity contribution in [2.75, 3.05) is 11.9 Å². The van der Waals surface area contributed by atoms with Gasteiger partial charge in [-0.3, -0.25) is 0 Å². The number of nitrogens with one attached hydrogen (secondary N) is 1. The molecule has 2 aromatic rings. The molecule has 2 N–H and O–H groups in total. The van der Waals surface area contributed by atoms with Gasteiger partial charge in [0.2, 0.25) is 0 Å². The van der Waals surface area contributed by atoms with Crippen molar-refractivity contribution in [3.05, 3.63) is 65.2 Å². The summed E-state index contributed by atoms with van der Waals surface area (Å²) >= 11 is 0. The SMILES string of the molecule is CCc1ccccc1CNc1ccc(CCO)cc1. The molecule has 0 radical (unpaired) electrons. The Morgan fingerprint density at radius 1 is 0.947 bits per heavy atom. The quantitative estimate of drug-likeness (QED) is 0.829. The zero-order valence-electron chi connectivity index (χ0n) is 11.4. The van der Waals surface area contributed by atoms with E-state index in [0.717, 1.165) is 25.1 Å². The van der Waals surface area contributed by atoms with Crippen molar-refractivity contribution in [3.8, 4) is 0 Å². The Morgan fingerprint density at radius 2 is 1.63 bits per heavy atom. The Kier molecular flexibility index (Phi) is 4.99. The van der Waals surface area contributed by atoms with Crippen LogP contribution in [0.5, 0.6) is 0 Å². The molecule has 19 heavy (non-hydrogen) atoms. The van der Waals surface area contributed by atoms with Gasteiger partial charge in [-0.1, -0.05) is 43.3 Å². The highest BCUT2D eigenvalue weighted by Crippen LogP contribution is 2.14. The number of rotatable bonds is 6. The summed E-state index contributed by atoms with van der Waals surface area (Å²) in [4.78, 5) is 0. The first-order chi connectivity index (χ1) is 9.33. The van der Waals surface area contributed by atoms with E-state index in [0.29, 0.717) is 0 Å². The van der Waals surface area contributed by atoms with Crippen molar-refractivity contribution < 1.29 is 5.11 Å². The van der Waals surface area contributed by atoms with Gasteiger partial charge in [0.05, 0.1) is 0 Å². The highest BCUT2D eigenvalue weighted by atomic mass is 16.2. The normalized spacial score (nSPS) is 10.4. The minimum atomic E-state index is 0.205. The molecule has 2 aromatic carbocycles. The molecule has 0 fully saturated rings. The molecule has 0 atom stereocenters. The average molecular weight is 255 g/mol. The van der Waals surface area contributed by atoms with E-state index in [1.54, 1.807) is 0 Å². The molecule has 0 amide bonds. The van der Waals surface area contributed by atoms with Crippen molar-refractivity contribution in [1.29, 1.82) is 0 Å². The highest BCUT2D eigenvalue weighted by Gasteiger charge is 1.99. The lowest BCUT2D eigenvalue weighted by Crippen LogP contribution is -2.02. The van der Waals surface area contributed by atoms with Crippen LogP contribution in [0.4, 0.5) is 5.69 Å². The highest BCUT2D eigenvalue weighted by molar-refractivity contribution is 5.45. The van der Waals surface area contributed by atoms with Crippen LogP contribution in [0, 0.1) is 0 Å². The number of benzene rings is 2. The molecular weight excluding hydrogens is 234 g/mol. The van der Waals surface area contributed by atoms with Gasteiger partial charge in [-0.05, 0) is 41.7 Å². The van der Waals surface area contributed by atoms with Gasteiger partial charge < -0.3 is 10.4 Å². The zero-order chi connectivity index (χ0) is 13.5. The minimum Gasteiger partial charge on any atom is -0.396 e. The van der Waals surface area contributed by atoms with Gasteiger partial charge in [0.1, 0.15) is 0 Å². The molecule has 0 aliphatic rings. The maximum Gasteiger partial charge on any atom is 0.0471 e. The first kappa shape index (κ1) is 13.6. The number of aryl methyl sites for hydroxylation is 1. The molecular formula is C17H21NO. The molecule has 0 bridgehead atoms. The summed E-state index contributed by atoms with van der Waals surface area (Å²) in [6, 6.07) is 16.8. The fourth-order valence-corrected chi connectivity index (χ4v) is 2.19. The van der Waals surface area contributed by atoms with Gasteiger partial charge in [-0.25, -0.2) is 0 Å². The predicted octanol–water partition coefficient (Wildman–Crippen LogP) is 3.40. The first-order valence-corrected chi connectivity index (χ1v) is 6.84. The predicted molar refractivity (Wildman–Crippen MR) is 80.4 cm³/mol. The first-order valence-electron chi connectivity index (χ1n) is 6.84. The Balaban J connectivity index is 1.98. The second-order valence-corrected chi connectivity index (χ2v) is 4.65. The maximum atomic E-state index is 8.88. The Labute approximate surface area is 115 Å². The molecule has 0 spiro atoms. The maximum absolute atomic E-state index is 8.88. The van der Waals surface area contributed by atoms with Crippen LogP contribution in [0.2, 0.25) is 0 Å². The summed E-state index contributed by atoms with van der Waals surface area (Å²) in [5.74, 6) is 0. The van der Waals surface area contributed by atoms with Crippen molar-refractivity contribution in [2.24, 2.45) is 0 Å². The van der Waals surface area contributed by atoms with Crippen LogP contribution in [-0.2, 0) is 19.4 Å². The number of hydrogen-bond acceptors (Lipinski definition) is 2. The van der Waals surface area contributed by atoms with Gasteiger partial charge in [-0.15, -0.1) is 0 Å². The molecule has 2 heteroatoms. The fraction of sp³-hybridized carbons (Fsp3) is 0.294. The van der Waals surface area contributed by atoms with E-state index in [4.69, 9.17) is 5.11 Å². The average Bonchev–Trinajstić information content (AvgIpc) is 2.47. The molecule has 100 valence electrons. The smallest absolute Gasteiger partial charge is 0.0471 e. The fourth-order valence-electron chi connectivity index (χ4n) is 2.19. The Hall–Kier alpha value is -1.80. The van der Waals surface area contributed by atoms with Crippen LogP contribution in [0.1, 0.15) is 23.6 Å². The van der Waals surface area contributed by atoms with E-state index in [1.807, 2.05) is 0 Å². The van der Waals surface area contributed by atoms with Crippen LogP contribution < -0.4 is 5.32 Å². The molecule has 0 unspecified atom stereocenters. The summed E-state index contributed by atoms with van der Waals surface area (Å²) in [5.41, 5.74) is 5.03. The number of aliphatic hydroxyl groups is 1. The van der Waals surface area contributed by atoms with E-state index >= 15 is 0 Å². The van der Waals surface area contributed by atoms with Gasteiger partial charge >= 0.3 is 0 Å². The number of hydrogen-bond donors (Lipinski definition) is 2. The van der Waals surface area contributed by atoms with E-state index in [-0.39, 0.29) is 6.61 Å². The topological polar surface area (TPSA) is 32.3 Å². The lowest BCUT2D eigenvalue weighted by Gasteiger charge is -2.10. The monoisotopic (exact) mass is 255 g/mol. The van der Waals surface area contributed by atoms with Gasteiger partial charge in [-0.2, -0.15) is 0 Å². The van der Waals surface area contributed by atoms with E-state index in [9.17, 15) is 0 Å². The summed E-state index contributed by atoms with van der Waals surface area (Å²) < 4.78 is 0. The van der Waals surface area contributed by atoms with Crippen LogP contribution in [0.3, 0.4) is 0 Å². The van der Waals surface area contributed by atoms with Gasteiger partial charge in [0, 0.05) is 18.8 Å². The van der Waals surface area contributed by atoms with Crippen molar-refractivity contribution in [1.82, 2.24) is 0 Å². The molecule has 0 aromatic heterocycles. The molecule has 0 aliphatic carbocycles. The van der Waals surface area contributed by atoms with Crippen LogP contribution in [0.15, 0.2) is 48.5 Å². The third-order valence-corrected chi connectivity index (χ3v) is 3.34. The summed E-state index contributed by atoms with van der Waals surface area (Å²) in [5, 5.41) is 12.3. The van der Waals surface area contributed by atoms with E-state index in [1.165, 1.54) is 16.7 Å². The zero-order valence-corrected chi connectivity index (χ0v) is 11.4. The minimum absolute atomic E-state index is 0.205. The molecule has 0 aliphatic heterocycles. The largest absolute Gasteiger partial charge is 0.396 e. The summed E-state index contributed by atoms with van der Waals surface area (Å²) in [6.45, 7) is 3.24. The van der Waals surface area contributed by atoms with Gasteiger partial charge in [0.25, 0.3) is 0 Å². The lowest BCUT2D eigenvalue weighted by atomic mass is 10.1. The third kappa shape index (κ3) is 3.83. The molecule has 0 saturated heterocycles. The van der Waals surface area contributed by atoms with Crippen LogP contribution in [0.25, 0.3) is 0 Å². The molecule has 2 nitrogen and oxygen atoms in total. The second kappa shape index (κ2) is 6.95. The lowest BCUT2D eigenvalue weighted by molar-refractivity contribution is 0.299. The Bertz CT molecular complexity index is 505. The molecule has 2 rings (SSSR count). The van der Waals surface area contributed by atoms with E-state index in [2.05, 4.69) is 60.8 Å². The molecule has 0 saturated carbocycles. The van der Waals surface area contributed by atoms with Crippen molar-refractivity contribution in [3.63, 3.8) is 0 Å². The second-order valence-electron chi connectivity index (χ2n) is 4.65. The molecule has 0 heterocycles. The Morgan fingerprint density at radius 3 is 2.26 bits per heavy atom. The number of anilines is 1. The number of aliphatic hydroxyl groups excluding tert-OH is 1. The van der Waals surface area contributed by atoms with Crippen molar-refractivity contribution in [2.45, 2.75) is 26.3 Å². The van der Waals surface area contributed by atoms with Crippen LogP contribution >= 0.6 is 0 Å². The van der Waals surface area contributed by atoms with E-state index < -0.39 is 0 Å². The standard InChI is InChI=1S/C17H21NO/c1-2-15-5-3-4-6-16(15)13-18-17-9-7-14(8-10-17)11-12-19/h3-10,18-19H,2,11-13H2,1H3. The summed E-state index contributed by atoms with van der Waals surface area (Å²) in [7, 11) is 0. The third-order valence-electron chi connectivity index (χ3n) is 3.34. The summed E-state index contributed by atoms with van der Waals surface area (Å²) in [6.07, 6.45) is 1.78. The van der Waals surface area contributed by atoms with Gasteiger partial charge in [0.15, 0.2) is 0 Å². The van der Waals surface area contributed by atoms with Crippen molar-refractivity contribution >= 4 is 5.69 Å².